The van der Waals surface area contributed by atoms with E-state index < -0.39 is 0 Å². The third-order valence-corrected chi connectivity index (χ3v) is 2.68. The second-order valence-electron chi connectivity index (χ2n) is 4.28. The summed E-state index contributed by atoms with van der Waals surface area (Å²) >= 11 is 0. The Morgan fingerprint density at radius 2 is 1.83 bits per heavy atom. The minimum atomic E-state index is -0.261. The molecule has 90 valence electrons. The van der Waals surface area contributed by atoms with E-state index >= 15 is 0 Å². The van der Waals surface area contributed by atoms with E-state index in [1.807, 2.05) is 32.0 Å². The molecule has 2 rings (SSSR count). The van der Waals surface area contributed by atoms with Crippen LogP contribution in [0.2, 0.25) is 0 Å². The summed E-state index contributed by atoms with van der Waals surface area (Å²) in [5, 5.41) is 12.0. The summed E-state index contributed by atoms with van der Waals surface area (Å²) in [6, 6.07) is 12.4. The molecule has 3 heteroatoms. The van der Waals surface area contributed by atoms with Gasteiger partial charge in [-0.15, -0.1) is 0 Å². The third kappa shape index (κ3) is 2.67. The van der Waals surface area contributed by atoms with Gasteiger partial charge in [0.2, 0.25) is 0 Å². The molecule has 2 aromatic carbocycles. The molecule has 0 unspecified atom stereocenters. The van der Waals surface area contributed by atoms with Crippen molar-refractivity contribution in [1.29, 1.82) is 5.26 Å². The van der Waals surface area contributed by atoms with Gasteiger partial charge in [-0.25, -0.2) is 4.39 Å². The lowest BCUT2D eigenvalue weighted by atomic mass is 10.1. The number of nitrogens with zero attached hydrogens (tertiary/aromatic N) is 1. The molecule has 0 aliphatic carbocycles. The van der Waals surface area contributed by atoms with Crippen molar-refractivity contribution in [1.82, 2.24) is 0 Å². The van der Waals surface area contributed by atoms with Gasteiger partial charge in [-0.1, -0.05) is 0 Å². The van der Waals surface area contributed by atoms with E-state index in [1.165, 1.54) is 12.1 Å². The Morgan fingerprint density at radius 1 is 1.06 bits per heavy atom. The lowest BCUT2D eigenvalue weighted by molar-refractivity contribution is 0.627. The van der Waals surface area contributed by atoms with Crippen LogP contribution in [0.25, 0.3) is 0 Å². The molecule has 18 heavy (non-hydrogen) atoms. The fourth-order valence-corrected chi connectivity index (χ4v) is 1.84. The maximum atomic E-state index is 13.2. The molecule has 0 atom stereocenters. The van der Waals surface area contributed by atoms with Crippen LogP contribution in [-0.4, -0.2) is 0 Å². The summed E-state index contributed by atoms with van der Waals surface area (Å²) in [5.74, 6) is -0.261. The van der Waals surface area contributed by atoms with Gasteiger partial charge in [0.25, 0.3) is 0 Å². The van der Waals surface area contributed by atoms with Crippen molar-refractivity contribution < 1.29 is 4.39 Å². The van der Waals surface area contributed by atoms with Crippen molar-refractivity contribution in [3.05, 3.63) is 58.9 Å². The van der Waals surface area contributed by atoms with E-state index in [4.69, 9.17) is 5.26 Å². The number of benzene rings is 2. The summed E-state index contributed by atoms with van der Waals surface area (Å²) in [5.41, 5.74) is 3.96. The lowest BCUT2D eigenvalue weighted by Crippen LogP contribution is -1.93. The van der Waals surface area contributed by atoms with Crippen molar-refractivity contribution in [2.45, 2.75) is 13.8 Å². The van der Waals surface area contributed by atoms with Crippen LogP contribution in [0, 0.1) is 31.0 Å². The van der Waals surface area contributed by atoms with Gasteiger partial charge in [-0.3, -0.25) is 0 Å². The topological polar surface area (TPSA) is 35.8 Å². The van der Waals surface area contributed by atoms with Crippen LogP contribution in [0.4, 0.5) is 15.8 Å². The Hall–Kier alpha value is -2.34. The van der Waals surface area contributed by atoms with E-state index in [0.29, 0.717) is 11.3 Å². The number of anilines is 2. The zero-order valence-electron chi connectivity index (χ0n) is 10.3. The van der Waals surface area contributed by atoms with Crippen molar-refractivity contribution >= 4 is 11.4 Å². The molecule has 0 spiro atoms. The number of rotatable bonds is 2. The molecule has 0 radical (unpaired) electrons. The van der Waals surface area contributed by atoms with Crippen LogP contribution in [-0.2, 0) is 0 Å². The van der Waals surface area contributed by atoms with Gasteiger partial charge < -0.3 is 5.32 Å². The molecule has 1 N–H and O–H groups in total. The molecule has 2 aromatic rings. The largest absolute Gasteiger partial charge is 0.355 e. The minimum absolute atomic E-state index is 0.261. The summed E-state index contributed by atoms with van der Waals surface area (Å²) < 4.78 is 13.2. The molecular weight excluding hydrogens is 227 g/mol. The van der Waals surface area contributed by atoms with Crippen LogP contribution < -0.4 is 5.32 Å². The fourth-order valence-electron chi connectivity index (χ4n) is 1.84. The van der Waals surface area contributed by atoms with E-state index in [1.54, 1.807) is 6.07 Å². The van der Waals surface area contributed by atoms with Crippen molar-refractivity contribution in [2.24, 2.45) is 0 Å². The van der Waals surface area contributed by atoms with Gasteiger partial charge in [0.1, 0.15) is 5.82 Å². The Bertz CT molecular complexity index is 607. The first-order valence-electron chi connectivity index (χ1n) is 5.63. The van der Waals surface area contributed by atoms with Crippen molar-refractivity contribution in [3.8, 4) is 6.07 Å². The van der Waals surface area contributed by atoms with Gasteiger partial charge >= 0.3 is 0 Å². The Labute approximate surface area is 106 Å². The predicted octanol–water partition coefficient (Wildman–Crippen LogP) is 4.06. The Balaban J connectivity index is 2.29. The average Bonchev–Trinajstić information content (AvgIpc) is 2.27. The maximum absolute atomic E-state index is 13.2. The molecular formula is C15H13FN2. The minimum Gasteiger partial charge on any atom is -0.355 e. The molecule has 0 saturated heterocycles. The van der Waals surface area contributed by atoms with Gasteiger partial charge in [0.15, 0.2) is 0 Å². The average molecular weight is 240 g/mol. The Morgan fingerprint density at radius 3 is 2.44 bits per heavy atom. The zero-order chi connectivity index (χ0) is 13.1. The van der Waals surface area contributed by atoms with E-state index in [0.717, 1.165) is 16.8 Å². The fraction of sp³-hybridized carbons (Fsp3) is 0.133. The van der Waals surface area contributed by atoms with Gasteiger partial charge in [-0.2, -0.15) is 5.26 Å². The third-order valence-electron chi connectivity index (χ3n) is 2.68. The summed E-state index contributed by atoms with van der Waals surface area (Å²) in [6.07, 6.45) is 0. The van der Waals surface area contributed by atoms with Gasteiger partial charge in [-0.05, 0) is 61.4 Å². The second kappa shape index (κ2) is 4.89. The smallest absolute Gasteiger partial charge is 0.125 e. The molecule has 0 heterocycles. The van der Waals surface area contributed by atoms with E-state index in [9.17, 15) is 4.39 Å². The number of aryl methyl sites for hydroxylation is 2. The van der Waals surface area contributed by atoms with Crippen LogP contribution in [0.1, 0.15) is 16.7 Å². The first kappa shape index (κ1) is 12.1. The monoisotopic (exact) mass is 240 g/mol. The van der Waals surface area contributed by atoms with Crippen LogP contribution in [0.15, 0.2) is 36.4 Å². The molecule has 0 aromatic heterocycles. The highest BCUT2D eigenvalue weighted by molar-refractivity contribution is 5.62. The summed E-state index contributed by atoms with van der Waals surface area (Å²) in [7, 11) is 0. The summed E-state index contributed by atoms with van der Waals surface area (Å²) in [6.45, 7) is 3.72. The van der Waals surface area contributed by atoms with Gasteiger partial charge in [0.05, 0.1) is 11.6 Å². The molecule has 0 amide bonds. The predicted molar refractivity (Wildman–Crippen MR) is 70.3 cm³/mol. The first-order chi connectivity index (χ1) is 8.58. The molecule has 0 fully saturated rings. The zero-order valence-corrected chi connectivity index (χ0v) is 10.3. The lowest BCUT2D eigenvalue weighted by Gasteiger charge is -2.09. The molecule has 0 bridgehead atoms. The highest BCUT2D eigenvalue weighted by Gasteiger charge is 2.01. The highest BCUT2D eigenvalue weighted by atomic mass is 19.1. The van der Waals surface area contributed by atoms with E-state index in [2.05, 4.69) is 11.4 Å². The first-order valence-corrected chi connectivity index (χ1v) is 5.63. The number of hydrogen-bond acceptors (Lipinski definition) is 2. The van der Waals surface area contributed by atoms with Crippen molar-refractivity contribution in [2.75, 3.05) is 5.32 Å². The second-order valence-corrected chi connectivity index (χ2v) is 4.28. The molecule has 0 aliphatic heterocycles. The normalized spacial score (nSPS) is 9.89. The Kier molecular flexibility index (Phi) is 3.29. The van der Waals surface area contributed by atoms with Crippen LogP contribution in [0.3, 0.4) is 0 Å². The van der Waals surface area contributed by atoms with E-state index in [-0.39, 0.29) is 5.82 Å². The van der Waals surface area contributed by atoms with Crippen LogP contribution in [0.5, 0.6) is 0 Å². The number of nitrogens with one attached hydrogen (secondary N) is 1. The molecule has 0 aliphatic rings. The highest BCUT2D eigenvalue weighted by Crippen LogP contribution is 2.21. The standard InChI is InChI=1S/C15H13FN2/c1-10-5-13(16)8-15(6-10)18-14-4-3-12(9-17)11(2)7-14/h3-8,18H,1-2H3. The summed E-state index contributed by atoms with van der Waals surface area (Å²) in [4.78, 5) is 0. The number of halogens is 1. The molecule has 2 nitrogen and oxygen atoms in total. The maximum Gasteiger partial charge on any atom is 0.125 e. The number of nitriles is 1. The quantitative estimate of drug-likeness (QED) is 0.859. The number of hydrogen-bond donors (Lipinski definition) is 1. The van der Waals surface area contributed by atoms with Gasteiger partial charge in [0, 0.05) is 11.4 Å². The SMILES string of the molecule is Cc1cc(F)cc(Nc2ccc(C#N)c(C)c2)c1. The van der Waals surface area contributed by atoms with Crippen molar-refractivity contribution in [3.63, 3.8) is 0 Å². The molecule has 0 saturated carbocycles. The van der Waals surface area contributed by atoms with Crippen LogP contribution >= 0.6 is 0 Å².